The number of rotatable bonds is 4. The molecule has 0 spiro atoms. The molecule has 0 saturated heterocycles. The minimum atomic E-state index is 0.771. The Balaban J connectivity index is 1.47. The highest BCUT2D eigenvalue weighted by atomic mass is 16.4. The van der Waals surface area contributed by atoms with Crippen LogP contribution in [-0.2, 0) is 0 Å². The Morgan fingerprint density at radius 3 is 2.07 bits per heavy atom. The summed E-state index contributed by atoms with van der Waals surface area (Å²) in [5, 5.41) is 6.62. The van der Waals surface area contributed by atoms with Crippen LogP contribution < -0.4 is 4.90 Å². The fourth-order valence-electron chi connectivity index (χ4n) is 6.78. The maximum atomic E-state index is 6.65. The summed E-state index contributed by atoms with van der Waals surface area (Å²) in [5.74, 6) is 0. The van der Waals surface area contributed by atoms with E-state index in [0.717, 1.165) is 73.8 Å². The van der Waals surface area contributed by atoms with Crippen LogP contribution in [0.4, 0.5) is 17.1 Å². The minimum absolute atomic E-state index is 0.771. The van der Waals surface area contributed by atoms with Gasteiger partial charge in [-0.1, -0.05) is 109 Å². The molecule has 0 atom stereocenters. The molecule has 0 bridgehead atoms. The number of furan rings is 2. The molecule has 0 aliphatic heterocycles. The van der Waals surface area contributed by atoms with E-state index in [1.807, 2.05) is 24.3 Å². The van der Waals surface area contributed by atoms with Crippen molar-refractivity contribution < 1.29 is 8.83 Å². The Bertz CT molecular complexity index is 2410. The molecule has 3 heteroatoms. The molecule has 1 aliphatic rings. The zero-order valence-electron chi connectivity index (χ0n) is 23.5. The summed E-state index contributed by atoms with van der Waals surface area (Å²) in [4.78, 5) is 2.45. The first kappa shape index (κ1) is 24.1. The van der Waals surface area contributed by atoms with E-state index in [4.69, 9.17) is 8.83 Å². The largest absolute Gasteiger partial charge is 0.452 e. The molecule has 0 fully saturated rings. The van der Waals surface area contributed by atoms with Gasteiger partial charge in [0.05, 0.1) is 22.4 Å². The van der Waals surface area contributed by atoms with E-state index < -0.39 is 0 Å². The van der Waals surface area contributed by atoms with Gasteiger partial charge in [-0.2, -0.15) is 0 Å². The van der Waals surface area contributed by atoms with Gasteiger partial charge in [0.25, 0.3) is 0 Å². The van der Waals surface area contributed by atoms with E-state index in [-0.39, 0.29) is 0 Å². The van der Waals surface area contributed by atoms with Gasteiger partial charge >= 0.3 is 0 Å². The smallest absolute Gasteiger partial charge is 0.180 e. The third kappa shape index (κ3) is 3.68. The van der Waals surface area contributed by atoms with Crippen molar-refractivity contribution in [3.8, 4) is 0 Å². The van der Waals surface area contributed by atoms with Crippen molar-refractivity contribution in [2.45, 2.75) is 12.8 Å². The van der Waals surface area contributed by atoms with Crippen LogP contribution in [0, 0.1) is 0 Å². The standard InChI is InChI=1S/C40H27NO2/c1-2-13-26(14-3-1)28-18-6-9-21-33(28)41(34-22-12-16-27-15-4-5-17-29(27)34)35-25-32-30-19-7-10-23-36(30)42-39(32)40-38(35)31-20-8-11-24-37(31)43-40/h1-2,4-13,15-25H,3,14H2. The molecule has 43 heavy (non-hydrogen) atoms. The Morgan fingerprint density at radius 2 is 1.21 bits per heavy atom. The van der Waals surface area contributed by atoms with Crippen molar-refractivity contribution in [2.75, 3.05) is 4.90 Å². The molecule has 0 N–H and O–H groups in total. The number of hydrogen-bond donors (Lipinski definition) is 0. The number of hydrogen-bond acceptors (Lipinski definition) is 3. The van der Waals surface area contributed by atoms with Crippen LogP contribution in [0.1, 0.15) is 18.4 Å². The van der Waals surface area contributed by atoms with Crippen LogP contribution in [0.25, 0.3) is 60.2 Å². The van der Waals surface area contributed by atoms with Crippen molar-refractivity contribution in [2.24, 2.45) is 0 Å². The number of nitrogens with zero attached hydrogens (tertiary/aromatic N) is 1. The molecule has 3 nitrogen and oxygen atoms in total. The number of fused-ring (bicyclic) bond motifs is 8. The zero-order chi connectivity index (χ0) is 28.3. The van der Waals surface area contributed by atoms with Crippen LogP contribution in [0.3, 0.4) is 0 Å². The first-order valence-electron chi connectivity index (χ1n) is 14.8. The Hall–Kier alpha value is -5.54. The Labute approximate surface area is 248 Å². The minimum Gasteiger partial charge on any atom is -0.452 e. The first-order valence-corrected chi connectivity index (χ1v) is 14.8. The van der Waals surface area contributed by atoms with E-state index in [1.165, 1.54) is 21.9 Å². The van der Waals surface area contributed by atoms with E-state index >= 15 is 0 Å². The number of anilines is 3. The first-order chi connectivity index (χ1) is 21.3. The van der Waals surface area contributed by atoms with Gasteiger partial charge in [-0.25, -0.2) is 0 Å². The molecule has 204 valence electrons. The van der Waals surface area contributed by atoms with Crippen LogP contribution >= 0.6 is 0 Å². The summed E-state index contributed by atoms with van der Waals surface area (Å²) >= 11 is 0. The lowest BCUT2D eigenvalue weighted by atomic mass is 9.94. The number of benzene rings is 6. The zero-order valence-corrected chi connectivity index (χ0v) is 23.5. The van der Waals surface area contributed by atoms with Gasteiger partial charge in [0, 0.05) is 27.1 Å². The molecule has 9 rings (SSSR count). The summed E-state index contributed by atoms with van der Waals surface area (Å²) in [5.41, 5.74) is 9.15. The third-order valence-corrected chi connectivity index (χ3v) is 8.73. The lowest BCUT2D eigenvalue weighted by Crippen LogP contribution is -2.13. The van der Waals surface area contributed by atoms with Gasteiger partial charge in [0.1, 0.15) is 11.2 Å². The molecule has 0 amide bonds. The van der Waals surface area contributed by atoms with E-state index in [1.54, 1.807) is 0 Å². The highest BCUT2D eigenvalue weighted by Crippen LogP contribution is 2.50. The van der Waals surface area contributed by atoms with Crippen molar-refractivity contribution >= 4 is 77.3 Å². The molecule has 2 aromatic heterocycles. The fourth-order valence-corrected chi connectivity index (χ4v) is 6.78. The topological polar surface area (TPSA) is 29.5 Å². The van der Waals surface area contributed by atoms with Gasteiger partial charge in [-0.05, 0) is 54.1 Å². The number of allylic oxidation sites excluding steroid dienone is 4. The highest BCUT2D eigenvalue weighted by molar-refractivity contribution is 6.25. The normalized spacial score (nSPS) is 13.4. The molecule has 2 heterocycles. The van der Waals surface area contributed by atoms with Gasteiger partial charge in [-0.15, -0.1) is 0 Å². The molecular weight excluding hydrogens is 526 g/mol. The van der Waals surface area contributed by atoms with Crippen molar-refractivity contribution in [3.05, 3.63) is 145 Å². The van der Waals surface area contributed by atoms with Crippen LogP contribution in [-0.4, -0.2) is 0 Å². The van der Waals surface area contributed by atoms with Gasteiger partial charge < -0.3 is 13.7 Å². The summed E-state index contributed by atoms with van der Waals surface area (Å²) in [6.07, 6.45) is 8.74. The highest BCUT2D eigenvalue weighted by Gasteiger charge is 2.27. The summed E-state index contributed by atoms with van der Waals surface area (Å²) in [6, 6.07) is 42.9. The molecule has 0 radical (unpaired) electrons. The van der Waals surface area contributed by atoms with Crippen molar-refractivity contribution in [1.82, 2.24) is 0 Å². The average molecular weight is 554 g/mol. The fraction of sp³-hybridized carbons (Fsp3) is 0.0500. The lowest BCUT2D eigenvalue weighted by molar-refractivity contribution is 0.633. The van der Waals surface area contributed by atoms with Crippen molar-refractivity contribution in [3.63, 3.8) is 0 Å². The van der Waals surface area contributed by atoms with Gasteiger partial charge in [0.2, 0.25) is 0 Å². The Kier molecular flexibility index (Phi) is 5.32. The Morgan fingerprint density at radius 1 is 0.535 bits per heavy atom. The molecule has 8 aromatic rings. The predicted octanol–water partition coefficient (Wildman–Crippen LogP) is 11.8. The maximum Gasteiger partial charge on any atom is 0.180 e. The molecule has 1 aliphatic carbocycles. The third-order valence-electron chi connectivity index (χ3n) is 8.73. The monoisotopic (exact) mass is 553 g/mol. The summed E-state index contributed by atoms with van der Waals surface area (Å²) < 4.78 is 13.2. The van der Waals surface area contributed by atoms with Crippen LogP contribution in [0.5, 0.6) is 0 Å². The maximum absolute atomic E-state index is 6.65. The van der Waals surface area contributed by atoms with E-state index in [0.29, 0.717) is 0 Å². The SMILES string of the molecule is C1=CCCC(c2ccccc2N(c2cccc3ccccc23)c2cc3c4ccccc4oc3c3oc4ccccc4c23)=C1. The summed E-state index contributed by atoms with van der Waals surface area (Å²) in [6.45, 7) is 0. The second-order valence-electron chi connectivity index (χ2n) is 11.2. The van der Waals surface area contributed by atoms with E-state index in [2.05, 4.69) is 120 Å². The van der Waals surface area contributed by atoms with Crippen LogP contribution in [0.2, 0.25) is 0 Å². The molecule has 0 unspecified atom stereocenters. The average Bonchev–Trinajstić information content (AvgIpc) is 3.65. The predicted molar refractivity (Wildman–Crippen MR) is 180 cm³/mol. The van der Waals surface area contributed by atoms with Gasteiger partial charge in [0.15, 0.2) is 11.2 Å². The van der Waals surface area contributed by atoms with Crippen LogP contribution in [0.15, 0.2) is 148 Å². The summed E-state index contributed by atoms with van der Waals surface area (Å²) in [7, 11) is 0. The molecule has 6 aromatic carbocycles. The van der Waals surface area contributed by atoms with Crippen molar-refractivity contribution in [1.29, 1.82) is 0 Å². The quantitative estimate of drug-likeness (QED) is 0.217. The molecular formula is C40H27NO2. The number of para-hydroxylation sites is 3. The van der Waals surface area contributed by atoms with Gasteiger partial charge in [-0.3, -0.25) is 0 Å². The second kappa shape index (κ2) is 9.50. The molecule has 0 saturated carbocycles. The lowest BCUT2D eigenvalue weighted by Gasteiger charge is -2.30. The second-order valence-corrected chi connectivity index (χ2v) is 11.2. The van der Waals surface area contributed by atoms with E-state index in [9.17, 15) is 0 Å².